The second-order valence-electron chi connectivity index (χ2n) is 11.2. The summed E-state index contributed by atoms with van der Waals surface area (Å²) in [6.07, 6.45) is 0.198. The maximum absolute atomic E-state index is 12.8. The molecule has 0 radical (unpaired) electrons. The summed E-state index contributed by atoms with van der Waals surface area (Å²) in [5.74, 6) is 0.896. The molecule has 2 heterocycles. The van der Waals surface area contributed by atoms with Crippen molar-refractivity contribution in [2.75, 3.05) is 17.8 Å². The molecule has 1 aromatic heterocycles. The van der Waals surface area contributed by atoms with Crippen molar-refractivity contribution < 1.29 is 32.2 Å². The van der Waals surface area contributed by atoms with E-state index in [0.717, 1.165) is 41.6 Å². The number of carbonyl (C=O) groups is 2. The molecule has 0 unspecified atom stereocenters. The fourth-order valence-corrected chi connectivity index (χ4v) is 6.02. The second kappa shape index (κ2) is 14.8. The van der Waals surface area contributed by atoms with E-state index < -0.39 is 6.36 Å². The van der Waals surface area contributed by atoms with E-state index in [1.54, 1.807) is 18.1 Å². The van der Waals surface area contributed by atoms with Gasteiger partial charge in [-0.15, -0.1) is 18.3 Å². The quantitative estimate of drug-likeness (QED) is 0.143. The number of halogens is 3. The lowest BCUT2D eigenvalue weighted by Gasteiger charge is -2.22. The lowest BCUT2D eigenvalue weighted by Crippen LogP contribution is -2.31. The molecule has 3 aromatic carbocycles. The number of aromatic nitrogens is 3. The van der Waals surface area contributed by atoms with Gasteiger partial charge in [0.25, 0.3) is 0 Å². The fraction of sp³-hybridized carbons (Fsp3) is 0.324. The number of anilines is 1. The molecule has 0 N–H and O–H groups in total. The molecule has 246 valence electrons. The first-order valence-corrected chi connectivity index (χ1v) is 16.1. The molecule has 1 aliphatic heterocycles. The predicted octanol–water partition coefficient (Wildman–Crippen LogP) is 7.73. The molecule has 13 heteroatoms. The Bertz CT molecular complexity index is 1760. The summed E-state index contributed by atoms with van der Waals surface area (Å²) < 4.78 is 48.1. The zero-order chi connectivity index (χ0) is 33.6. The Morgan fingerprint density at radius 2 is 1.79 bits per heavy atom. The number of rotatable bonds is 12. The van der Waals surface area contributed by atoms with Crippen LogP contribution in [0.1, 0.15) is 56.6 Å². The smallest absolute Gasteiger partial charge is 0.497 e. The van der Waals surface area contributed by atoms with Crippen LogP contribution in [0.3, 0.4) is 0 Å². The third-order valence-corrected chi connectivity index (χ3v) is 8.37. The number of carbonyl (C=O) groups excluding carboxylic acids is 2. The van der Waals surface area contributed by atoms with Crippen LogP contribution in [0.15, 0.2) is 78.0 Å². The monoisotopic (exact) mass is 665 g/mol. The maximum Gasteiger partial charge on any atom is 0.573 e. The van der Waals surface area contributed by atoms with Crippen LogP contribution in [0.2, 0.25) is 0 Å². The van der Waals surface area contributed by atoms with Crippen LogP contribution >= 0.6 is 11.8 Å². The Labute approximate surface area is 274 Å². The van der Waals surface area contributed by atoms with E-state index in [1.807, 2.05) is 50.2 Å². The Kier molecular flexibility index (Phi) is 10.6. The molecule has 1 saturated heterocycles. The second-order valence-corrected chi connectivity index (χ2v) is 12.1. The zero-order valence-corrected chi connectivity index (χ0v) is 27.0. The number of unbranched alkanes of at least 4 members (excludes halogenated alkanes) is 2. The summed E-state index contributed by atoms with van der Waals surface area (Å²) in [6, 6.07) is 18.8. The van der Waals surface area contributed by atoms with Crippen molar-refractivity contribution in [3.8, 4) is 28.6 Å². The highest BCUT2D eigenvalue weighted by Gasteiger charge is 2.33. The lowest BCUT2D eigenvalue weighted by molar-refractivity contribution is -0.274. The largest absolute Gasteiger partial charge is 0.573 e. The van der Waals surface area contributed by atoms with Crippen LogP contribution in [0.25, 0.3) is 17.1 Å². The van der Waals surface area contributed by atoms with Gasteiger partial charge in [0.15, 0.2) is 11.0 Å². The summed E-state index contributed by atoms with van der Waals surface area (Å²) in [6.45, 7) is 4.09. The first kappa shape index (κ1) is 33.7. The van der Waals surface area contributed by atoms with Gasteiger partial charge >= 0.3 is 6.36 Å². The average molecular weight is 666 g/mol. The van der Waals surface area contributed by atoms with Crippen molar-refractivity contribution in [2.45, 2.75) is 58.2 Å². The summed E-state index contributed by atoms with van der Waals surface area (Å²) in [7, 11) is 1.60. The van der Waals surface area contributed by atoms with E-state index in [0.29, 0.717) is 28.8 Å². The molecule has 9 nitrogen and oxygen atoms in total. The van der Waals surface area contributed by atoms with Gasteiger partial charge in [-0.1, -0.05) is 50.2 Å². The first-order valence-electron chi connectivity index (χ1n) is 15.1. The van der Waals surface area contributed by atoms with Crippen molar-refractivity contribution in [3.63, 3.8) is 0 Å². The van der Waals surface area contributed by atoms with Crippen LogP contribution in [-0.2, 0) is 16.0 Å². The standard InChI is InChI=1S/C34H34F3N5O4S/c1-22(2)28-19-27(45-3)16-17-29(28)42-31(44)20-47-33(42)39-30(43)11-6-4-5-8-23-9-7-10-24(18-23)32-38-21-41(40-32)25-12-14-26(15-13-25)46-34(35,36)37/h7,9-10,12-19,21-22H,4-6,8,11,20H2,1-3H3. The average Bonchev–Trinajstić information content (AvgIpc) is 3.67. The molecule has 0 spiro atoms. The number of methoxy groups -OCH3 is 1. The molecular weight excluding hydrogens is 631 g/mol. The number of amides is 2. The van der Waals surface area contributed by atoms with Gasteiger partial charge in [-0.3, -0.25) is 14.5 Å². The van der Waals surface area contributed by atoms with Crippen LogP contribution < -0.4 is 14.4 Å². The van der Waals surface area contributed by atoms with Crippen LogP contribution in [-0.4, -0.2) is 51.0 Å². The highest BCUT2D eigenvalue weighted by atomic mass is 32.2. The summed E-state index contributed by atoms with van der Waals surface area (Å²) in [5, 5.41) is 4.89. The number of alkyl halides is 3. The van der Waals surface area contributed by atoms with Gasteiger partial charge in [-0.25, -0.2) is 9.67 Å². The Morgan fingerprint density at radius 1 is 1.02 bits per heavy atom. The minimum atomic E-state index is -4.75. The topological polar surface area (TPSA) is 98.9 Å². The van der Waals surface area contributed by atoms with Crippen molar-refractivity contribution in [1.82, 2.24) is 14.8 Å². The van der Waals surface area contributed by atoms with Gasteiger partial charge in [-0.05, 0) is 84.8 Å². The van der Waals surface area contributed by atoms with Gasteiger partial charge in [0.05, 0.1) is 24.2 Å². The van der Waals surface area contributed by atoms with E-state index in [9.17, 15) is 22.8 Å². The SMILES string of the molecule is COc1ccc(N2C(=O)CSC2=NC(=O)CCCCCc2cccc(-c3ncn(-c4ccc(OC(F)(F)F)cc4)n3)c2)c(C(C)C)c1. The van der Waals surface area contributed by atoms with Gasteiger partial charge in [-0.2, -0.15) is 4.99 Å². The van der Waals surface area contributed by atoms with Crippen molar-refractivity contribution in [3.05, 3.63) is 84.2 Å². The van der Waals surface area contributed by atoms with E-state index in [1.165, 1.54) is 47.0 Å². The van der Waals surface area contributed by atoms with Crippen LogP contribution in [0.5, 0.6) is 11.5 Å². The van der Waals surface area contributed by atoms with Gasteiger partial charge in [0.1, 0.15) is 17.8 Å². The predicted molar refractivity (Wildman–Crippen MR) is 175 cm³/mol. The molecule has 4 aromatic rings. The molecular formula is C34H34F3N5O4S. The zero-order valence-electron chi connectivity index (χ0n) is 26.2. The molecule has 2 amide bonds. The summed E-state index contributed by atoms with van der Waals surface area (Å²) in [4.78, 5) is 35.8. The number of ether oxygens (including phenoxy) is 2. The van der Waals surface area contributed by atoms with Gasteiger partial charge in [0.2, 0.25) is 11.8 Å². The molecule has 0 atom stereocenters. The fourth-order valence-electron chi connectivity index (χ4n) is 5.14. The third kappa shape index (κ3) is 8.79. The van der Waals surface area contributed by atoms with Gasteiger partial charge < -0.3 is 9.47 Å². The minimum Gasteiger partial charge on any atom is -0.497 e. The molecule has 5 rings (SSSR count). The molecule has 0 aliphatic carbocycles. The number of amidine groups is 1. The van der Waals surface area contributed by atoms with Crippen molar-refractivity contribution >= 4 is 34.4 Å². The Balaban J connectivity index is 1.13. The number of hydrogen-bond donors (Lipinski definition) is 0. The third-order valence-electron chi connectivity index (χ3n) is 7.45. The Morgan fingerprint density at radius 3 is 2.51 bits per heavy atom. The van der Waals surface area contributed by atoms with E-state index in [2.05, 4.69) is 19.8 Å². The number of benzene rings is 3. The highest BCUT2D eigenvalue weighted by molar-refractivity contribution is 8.15. The molecule has 1 aliphatic rings. The molecule has 1 fully saturated rings. The number of aliphatic imine (C=N–C) groups is 1. The summed E-state index contributed by atoms with van der Waals surface area (Å²) >= 11 is 1.28. The number of thioether (sulfide) groups is 1. The number of aryl methyl sites for hydroxylation is 1. The number of hydrogen-bond acceptors (Lipinski definition) is 7. The lowest BCUT2D eigenvalue weighted by atomic mass is 10.00. The molecule has 0 saturated carbocycles. The normalized spacial score (nSPS) is 14.3. The molecule has 47 heavy (non-hydrogen) atoms. The highest BCUT2D eigenvalue weighted by Crippen LogP contribution is 2.36. The summed E-state index contributed by atoms with van der Waals surface area (Å²) in [5.41, 5.74) is 4.12. The molecule has 0 bridgehead atoms. The first-order chi connectivity index (χ1) is 22.5. The number of nitrogens with zero attached hydrogens (tertiary/aromatic N) is 5. The van der Waals surface area contributed by atoms with E-state index in [-0.39, 0.29) is 35.7 Å². The van der Waals surface area contributed by atoms with Crippen molar-refractivity contribution in [1.29, 1.82) is 0 Å². The van der Waals surface area contributed by atoms with Gasteiger partial charge in [0, 0.05) is 12.0 Å². The van der Waals surface area contributed by atoms with E-state index >= 15 is 0 Å². The minimum absolute atomic E-state index is 0.105. The maximum atomic E-state index is 12.8. The van der Waals surface area contributed by atoms with Crippen molar-refractivity contribution in [2.24, 2.45) is 4.99 Å². The van der Waals surface area contributed by atoms with Crippen LogP contribution in [0.4, 0.5) is 18.9 Å². The van der Waals surface area contributed by atoms with E-state index in [4.69, 9.17) is 4.74 Å². The Hall–Kier alpha value is -4.65. The van der Waals surface area contributed by atoms with Crippen LogP contribution in [0, 0.1) is 0 Å².